The topological polar surface area (TPSA) is 102 Å². The Balaban J connectivity index is 1.75. The number of nitro groups is 1. The molecule has 9 heteroatoms. The van der Waals surface area contributed by atoms with Gasteiger partial charge in [0.05, 0.1) is 17.2 Å². The first-order valence-corrected chi connectivity index (χ1v) is 7.93. The lowest BCUT2D eigenvalue weighted by atomic mass is 10.2. The smallest absolute Gasteiger partial charge is 0.271 e. The van der Waals surface area contributed by atoms with Gasteiger partial charge in [0.25, 0.3) is 11.6 Å². The first-order chi connectivity index (χ1) is 11.5. The van der Waals surface area contributed by atoms with Gasteiger partial charge in [-0.1, -0.05) is 6.07 Å². The minimum Gasteiger partial charge on any atom is -0.482 e. The number of nitrogens with one attached hydrogen (secondary N) is 1. The van der Waals surface area contributed by atoms with Crippen LogP contribution >= 0.6 is 11.3 Å². The van der Waals surface area contributed by atoms with Crippen LogP contribution in [0.5, 0.6) is 5.75 Å². The van der Waals surface area contributed by atoms with Crippen molar-refractivity contribution in [2.45, 2.75) is 6.54 Å². The van der Waals surface area contributed by atoms with Crippen LogP contribution in [0.4, 0.5) is 11.4 Å². The molecule has 2 aromatic rings. The van der Waals surface area contributed by atoms with E-state index in [2.05, 4.69) is 5.32 Å². The summed E-state index contributed by atoms with van der Waals surface area (Å²) in [4.78, 5) is 36.7. The molecule has 1 aromatic carbocycles. The van der Waals surface area contributed by atoms with Gasteiger partial charge in [0.1, 0.15) is 12.3 Å². The third-order valence-electron chi connectivity index (χ3n) is 3.44. The summed E-state index contributed by atoms with van der Waals surface area (Å²) in [5.74, 6) is -0.434. The summed E-state index contributed by atoms with van der Waals surface area (Å²) in [6.07, 6.45) is 0. The van der Waals surface area contributed by atoms with E-state index in [1.807, 2.05) is 17.5 Å². The highest BCUT2D eigenvalue weighted by atomic mass is 32.1. The number of hydrogen-bond acceptors (Lipinski definition) is 6. The van der Waals surface area contributed by atoms with Crippen molar-refractivity contribution in [2.24, 2.45) is 0 Å². The molecule has 0 saturated carbocycles. The molecule has 1 aromatic heterocycles. The van der Waals surface area contributed by atoms with E-state index in [1.54, 1.807) is 0 Å². The number of hydrogen-bond donors (Lipinski definition) is 1. The molecule has 2 heterocycles. The molecule has 1 aliphatic rings. The molecule has 0 bridgehead atoms. The Hall–Kier alpha value is -2.94. The van der Waals surface area contributed by atoms with E-state index >= 15 is 0 Å². The number of non-ortho nitro benzene ring substituents is 1. The lowest BCUT2D eigenvalue weighted by Gasteiger charge is -2.28. The predicted octanol–water partition coefficient (Wildman–Crippen LogP) is 1.70. The van der Waals surface area contributed by atoms with Gasteiger partial charge in [0.2, 0.25) is 5.91 Å². The fourth-order valence-corrected chi connectivity index (χ4v) is 2.92. The highest BCUT2D eigenvalue weighted by molar-refractivity contribution is 7.09. The van der Waals surface area contributed by atoms with Crippen LogP contribution in [0.1, 0.15) is 4.88 Å². The van der Waals surface area contributed by atoms with Gasteiger partial charge < -0.3 is 10.1 Å². The monoisotopic (exact) mass is 347 g/mol. The fraction of sp³-hybridized carbons (Fsp3) is 0.200. The Morgan fingerprint density at radius 3 is 2.96 bits per heavy atom. The van der Waals surface area contributed by atoms with Crippen molar-refractivity contribution in [2.75, 3.05) is 18.1 Å². The first kappa shape index (κ1) is 15.9. The second-order valence-electron chi connectivity index (χ2n) is 5.03. The van der Waals surface area contributed by atoms with E-state index in [9.17, 15) is 19.7 Å². The number of amides is 2. The summed E-state index contributed by atoms with van der Waals surface area (Å²) in [7, 11) is 0. The van der Waals surface area contributed by atoms with Crippen molar-refractivity contribution in [3.63, 3.8) is 0 Å². The van der Waals surface area contributed by atoms with Gasteiger partial charge in [-0.05, 0) is 17.5 Å². The molecular weight excluding hydrogens is 334 g/mol. The highest BCUT2D eigenvalue weighted by Gasteiger charge is 2.29. The van der Waals surface area contributed by atoms with Gasteiger partial charge in [-0.25, -0.2) is 0 Å². The van der Waals surface area contributed by atoms with Crippen LogP contribution in [0.3, 0.4) is 0 Å². The molecule has 0 radical (unpaired) electrons. The molecule has 0 spiro atoms. The SMILES string of the molecule is O=C(CN1C(=O)COc2ccc([N+](=O)[O-])cc21)NCc1cccs1. The Morgan fingerprint density at radius 1 is 1.42 bits per heavy atom. The van der Waals surface area contributed by atoms with E-state index in [0.717, 1.165) is 4.88 Å². The Labute approximate surface area is 140 Å². The van der Waals surface area contributed by atoms with Crippen molar-refractivity contribution in [3.05, 3.63) is 50.7 Å². The molecule has 0 unspecified atom stereocenters. The number of carbonyl (C=O) groups excluding carboxylic acids is 2. The van der Waals surface area contributed by atoms with Gasteiger partial charge >= 0.3 is 0 Å². The molecule has 0 atom stereocenters. The Kier molecular flexibility index (Phi) is 4.43. The molecule has 0 aliphatic carbocycles. The average Bonchev–Trinajstić information content (AvgIpc) is 3.08. The maximum absolute atomic E-state index is 12.1. The minimum atomic E-state index is -0.561. The van der Waals surface area contributed by atoms with Crippen LogP contribution in [0.15, 0.2) is 35.7 Å². The predicted molar refractivity (Wildman–Crippen MR) is 87.1 cm³/mol. The van der Waals surface area contributed by atoms with Crippen LogP contribution in [0.2, 0.25) is 0 Å². The van der Waals surface area contributed by atoms with Crippen molar-refractivity contribution in [1.29, 1.82) is 0 Å². The van der Waals surface area contributed by atoms with Crippen LogP contribution in [0.25, 0.3) is 0 Å². The van der Waals surface area contributed by atoms with Crippen LogP contribution < -0.4 is 15.0 Å². The summed E-state index contributed by atoms with van der Waals surface area (Å²) in [6, 6.07) is 7.73. The highest BCUT2D eigenvalue weighted by Crippen LogP contribution is 2.35. The summed E-state index contributed by atoms with van der Waals surface area (Å²) in [5, 5.41) is 15.5. The van der Waals surface area contributed by atoms with Gasteiger partial charge in [-0.3, -0.25) is 24.6 Å². The number of ether oxygens (including phenoxy) is 1. The van der Waals surface area contributed by atoms with E-state index in [4.69, 9.17) is 4.74 Å². The maximum atomic E-state index is 12.1. The molecule has 24 heavy (non-hydrogen) atoms. The van der Waals surface area contributed by atoms with Crippen molar-refractivity contribution in [1.82, 2.24) is 5.32 Å². The summed E-state index contributed by atoms with van der Waals surface area (Å²) < 4.78 is 5.26. The third-order valence-corrected chi connectivity index (χ3v) is 4.31. The molecule has 0 fully saturated rings. The lowest BCUT2D eigenvalue weighted by molar-refractivity contribution is -0.384. The number of thiophene rings is 1. The van der Waals surface area contributed by atoms with Crippen molar-refractivity contribution in [3.8, 4) is 5.75 Å². The van der Waals surface area contributed by atoms with E-state index in [1.165, 1.54) is 34.4 Å². The van der Waals surface area contributed by atoms with E-state index < -0.39 is 10.8 Å². The van der Waals surface area contributed by atoms with E-state index in [0.29, 0.717) is 12.3 Å². The summed E-state index contributed by atoms with van der Waals surface area (Å²) in [5.41, 5.74) is 0.0581. The van der Waals surface area contributed by atoms with Crippen molar-refractivity contribution >= 4 is 34.5 Å². The molecule has 2 amide bonds. The third kappa shape index (κ3) is 3.35. The largest absolute Gasteiger partial charge is 0.482 e. The van der Waals surface area contributed by atoms with Crippen LogP contribution in [-0.2, 0) is 16.1 Å². The fourth-order valence-electron chi connectivity index (χ4n) is 2.28. The Morgan fingerprint density at radius 2 is 2.25 bits per heavy atom. The number of anilines is 1. The molecule has 3 rings (SSSR count). The van der Waals surface area contributed by atoms with E-state index in [-0.39, 0.29) is 30.4 Å². The van der Waals surface area contributed by atoms with Gasteiger partial charge in [-0.2, -0.15) is 0 Å². The zero-order valence-corrected chi connectivity index (χ0v) is 13.2. The maximum Gasteiger partial charge on any atom is 0.271 e. The summed E-state index contributed by atoms with van der Waals surface area (Å²) in [6.45, 7) is -0.0540. The number of fused-ring (bicyclic) bond motifs is 1. The van der Waals surface area contributed by atoms with Gasteiger partial charge in [0.15, 0.2) is 6.61 Å². The normalized spacial score (nSPS) is 13.2. The lowest BCUT2D eigenvalue weighted by Crippen LogP contribution is -2.45. The molecule has 1 N–H and O–H groups in total. The molecular formula is C15H13N3O5S. The van der Waals surface area contributed by atoms with Gasteiger partial charge in [0, 0.05) is 17.0 Å². The number of benzene rings is 1. The Bertz CT molecular complexity index is 790. The number of rotatable bonds is 5. The molecule has 0 saturated heterocycles. The summed E-state index contributed by atoms with van der Waals surface area (Å²) >= 11 is 1.52. The minimum absolute atomic E-state index is 0.170. The standard InChI is InChI=1S/C15H13N3O5S/c19-14(16-7-11-2-1-5-24-11)8-17-12-6-10(18(21)22)3-4-13(12)23-9-15(17)20/h1-6H,7-9H2,(H,16,19). The molecule has 124 valence electrons. The van der Waals surface area contributed by atoms with Crippen molar-refractivity contribution < 1.29 is 19.2 Å². The number of nitrogens with zero attached hydrogens (tertiary/aromatic N) is 2. The van der Waals surface area contributed by atoms with Gasteiger partial charge in [-0.15, -0.1) is 11.3 Å². The molecule has 8 nitrogen and oxygen atoms in total. The average molecular weight is 347 g/mol. The second kappa shape index (κ2) is 6.67. The molecule has 1 aliphatic heterocycles. The number of nitro benzene ring substituents is 1. The number of carbonyl (C=O) groups is 2. The van der Waals surface area contributed by atoms with Crippen LogP contribution in [-0.4, -0.2) is 29.9 Å². The quantitative estimate of drug-likeness (QED) is 0.655. The zero-order chi connectivity index (χ0) is 17.1. The zero-order valence-electron chi connectivity index (χ0n) is 12.4. The first-order valence-electron chi connectivity index (χ1n) is 7.05. The second-order valence-corrected chi connectivity index (χ2v) is 6.07. The van der Waals surface area contributed by atoms with Crippen LogP contribution in [0, 0.1) is 10.1 Å².